The number of ketones is 1. The van der Waals surface area contributed by atoms with E-state index < -0.39 is 12.6 Å². The molecule has 8 nitrogen and oxygen atoms in total. The second-order valence-corrected chi connectivity index (χ2v) is 7.48. The summed E-state index contributed by atoms with van der Waals surface area (Å²) >= 11 is 0. The lowest BCUT2D eigenvalue weighted by molar-refractivity contribution is 0.0473. The lowest BCUT2D eigenvalue weighted by Crippen LogP contribution is -2.27. The molecule has 0 bridgehead atoms. The molecule has 1 fully saturated rings. The Kier molecular flexibility index (Phi) is 5.70. The summed E-state index contributed by atoms with van der Waals surface area (Å²) < 4.78 is 10.4. The average Bonchev–Trinajstić information content (AvgIpc) is 3.48. The first-order chi connectivity index (χ1) is 15.0. The van der Waals surface area contributed by atoms with E-state index in [1.807, 2.05) is 0 Å². The van der Waals surface area contributed by atoms with Crippen molar-refractivity contribution in [2.24, 2.45) is 0 Å². The van der Waals surface area contributed by atoms with Crippen LogP contribution in [0.2, 0.25) is 0 Å². The van der Waals surface area contributed by atoms with Gasteiger partial charge in [-0.15, -0.1) is 0 Å². The fourth-order valence-electron chi connectivity index (χ4n) is 3.64. The number of fused-ring (bicyclic) bond motifs is 1. The Balaban J connectivity index is 1.42. The number of hydrogen-bond acceptors (Lipinski definition) is 6. The second kappa shape index (κ2) is 8.59. The van der Waals surface area contributed by atoms with Crippen molar-refractivity contribution in [1.82, 2.24) is 14.9 Å². The smallest absolute Gasteiger partial charge is 0.340 e. The minimum absolute atomic E-state index is 0.122. The van der Waals surface area contributed by atoms with Crippen LogP contribution in [0.3, 0.4) is 0 Å². The molecule has 0 aliphatic carbocycles. The van der Waals surface area contributed by atoms with Gasteiger partial charge in [-0.05, 0) is 44.0 Å². The molecule has 1 aliphatic heterocycles. The molecule has 1 aliphatic rings. The van der Waals surface area contributed by atoms with E-state index in [-0.39, 0.29) is 11.7 Å². The van der Waals surface area contributed by atoms with Crippen molar-refractivity contribution in [3.8, 4) is 5.75 Å². The van der Waals surface area contributed by atoms with Crippen LogP contribution in [0, 0.1) is 6.92 Å². The molecule has 1 aromatic carbocycles. The topological polar surface area (TPSA) is 102 Å². The van der Waals surface area contributed by atoms with Crippen molar-refractivity contribution in [3.63, 3.8) is 0 Å². The van der Waals surface area contributed by atoms with E-state index in [0.717, 1.165) is 31.3 Å². The molecular formula is C23H23N3O5. The largest absolute Gasteiger partial charge is 0.497 e. The molecule has 0 spiro atoms. The van der Waals surface area contributed by atoms with Crippen molar-refractivity contribution >= 4 is 28.6 Å². The molecule has 0 radical (unpaired) electrons. The van der Waals surface area contributed by atoms with Gasteiger partial charge in [-0.1, -0.05) is 0 Å². The highest BCUT2D eigenvalue weighted by molar-refractivity contribution is 6.02. The lowest BCUT2D eigenvalue weighted by atomic mass is 10.1. The number of nitrogens with one attached hydrogen (secondary N) is 1. The standard InChI is InChI=1S/C23H23N3O5/c1-14-18(9-15-5-6-17(30-2)11-19(15)25-14)23(29)31-13-21(27)16-10-20(24-12-16)22(28)26-7-3-4-8-26/h5-6,9-12,24H,3-4,7-8,13H2,1-2H3. The van der Waals surface area contributed by atoms with Crippen LogP contribution in [-0.2, 0) is 4.74 Å². The summed E-state index contributed by atoms with van der Waals surface area (Å²) in [5.74, 6) is -0.460. The highest BCUT2D eigenvalue weighted by Gasteiger charge is 2.22. The fraction of sp³-hybridized carbons (Fsp3) is 0.304. The number of aromatic nitrogens is 2. The molecule has 3 aromatic rings. The van der Waals surface area contributed by atoms with Gasteiger partial charge >= 0.3 is 5.97 Å². The molecule has 0 unspecified atom stereocenters. The molecule has 8 heteroatoms. The molecule has 0 atom stereocenters. The van der Waals surface area contributed by atoms with Gasteiger partial charge in [0.25, 0.3) is 5.91 Å². The molecule has 3 heterocycles. The quantitative estimate of drug-likeness (QED) is 0.485. The number of rotatable bonds is 6. The average molecular weight is 421 g/mol. The number of ether oxygens (including phenoxy) is 2. The number of nitrogens with zero attached hydrogens (tertiary/aromatic N) is 2. The van der Waals surface area contributed by atoms with Crippen LogP contribution in [0.25, 0.3) is 10.9 Å². The second-order valence-electron chi connectivity index (χ2n) is 7.48. The zero-order valence-corrected chi connectivity index (χ0v) is 17.4. The van der Waals surface area contributed by atoms with Gasteiger partial charge in [0.1, 0.15) is 11.4 Å². The predicted molar refractivity (Wildman–Crippen MR) is 114 cm³/mol. The van der Waals surface area contributed by atoms with Crippen LogP contribution in [0.1, 0.15) is 49.7 Å². The molecule has 4 rings (SSSR count). The first-order valence-corrected chi connectivity index (χ1v) is 10.1. The van der Waals surface area contributed by atoms with Crippen LogP contribution in [0.15, 0.2) is 36.5 Å². The Morgan fingerprint density at radius 1 is 1.13 bits per heavy atom. The Morgan fingerprint density at radius 2 is 1.90 bits per heavy atom. The highest BCUT2D eigenvalue weighted by atomic mass is 16.5. The van der Waals surface area contributed by atoms with E-state index >= 15 is 0 Å². The Hall–Kier alpha value is -3.68. The number of esters is 1. The maximum atomic E-state index is 12.5. The summed E-state index contributed by atoms with van der Waals surface area (Å²) in [6.07, 6.45) is 3.45. The normalized spacial score (nSPS) is 13.4. The molecule has 1 saturated heterocycles. The zero-order valence-electron chi connectivity index (χ0n) is 17.4. The van der Waals surface area contributed by atoms with Gasteiger partial charge < -0.3 is 19.4 Å². The summed E-state index contributed by atoms with van der Waals surface area (Å²) in [5, 5.41) is 0.764. The van der Waals surface area contributed by atoms with E-state index in [0.29, 0.717) is 33.8 Å². The number of amides is 1. The van der Waals surface area contributed by atoms with E-state index in [2.05, 4.69) is 9.97 Å². The van der Waals surface area contributed by atoms with Crippen molar-refractivity contribution in [3.05, 3.63) is 59.0 Å². The highest BCUT2D eigenvalue weighted by Crippen LogP contribution is 2.22. The van der Waals surface area contributed by atoms with Crippen molar-refractivity contribution in [1.29, 1.82) is 0 Å². The number of aryl methyl sites for hydroxylation is 1. The minimum Gasteiger partial charge on any atom is -0.497 e. The maximum Gasteiger partial charge on any atom is 0.340 e. The number of hydrogen-bond donors (Lipinski definition) is 1. The Morgan fingerprint density at radius 3 is 2.65 bits per heavy atom. The first kappa shape index (κ1) is 20.6. The molecule has 160 valence electrons. The van der Waals surface area contributed by atoms with Crippen LogP contribution in [-0.4, -0.2) is 59.3 Å². The SMILES string of the molecule is COc1ccc2cc(C(=O)OCC(=O)c3c[nH]c(C(=O)N4CCCC4)c3)c(C)nc2c1. The number of H-pyrrole nitrogens is 1. The van der Waals surface area contributed by atoms with E-state index in [4.69, 9.17) is 9.47 Å². The molecule has 0 saturated carbocycles. The summed E-state index contributed by atoms with van der Waals surface area (Å²) in [4.78, 5) is 46.4. The third kappa shape index (κ3) is 4.28. The van der Waals surface area contributed by atoms with Crippen molar-refractivity contribution in [2.45, 2.75) is 19.8 Å². The summed E-state index contributed by atoms with van der Waals surface area (Å²) in [7, 11) is 1.58. The third-order valence-electron chi connectivity index (χ3n) is 5.40. The number of Topliss-reactive ketones (excluding diaryl/α,β-unsaturated/α-hetero) is 1. The molecule has 1 N–H and O–H groups in total. The third-order valence-corrected chi connectivity index (χ3v) is 5.40. The van der Waals surface area contributed by atoms with Gasteiger partial charge in [-0.3, -0.25) is 14.6 Å². The van der Waals surface area contributed by atoms with E-state index in [9.17, 15) is 14.4 Å². The van der Waals surface area contributed by atoms with Crippen LogP contribution in [0.4, 0.5) is 0 Å². The van der Waals surface area contributed by atoms with Gasteiger partial charge in [0.15, 0.2) is 6.61 Å². The van der Waals surface area contributed by atoms with Crippen LogP contribution >= 0.6 is 0 Å². The molecule has 1 amide bonds. The zero-order chi connectivity index (χ0) is 22.0. The van der Waals surface area contributed by atoms with Gasteiger partial charge in [0.2, 0.25) is 5.78 Å². The summed E-state index contributed by atoms with van der Waals surface area (Å²) in [6, 6.07) is 8.57. The number of aromatic amines is 1. The van der Waals surface area contributed by atoms with E-state index in [1.54, 1.807) is 43.2 Å². The fourth-order valence-corrected chi connectivity index (χ4v) is 3.64. The number of pyridine rings is 1. The van der Waals surface area contributed by atoms with Crippen LogP contribution < -0.4 is 4.74 Å². The maximum absolute atomic E-state index is 12.5. The predicted octanol–water partition coefficient (Wildman–Crippen LogP) is 3.16. The molecular weight excluding hydrogens is 398 g/mol. The van der Waals surface area contributed by atoms with Crippen molar-refractivity contribution in [2.75, 3.05) is 26.8 Å². The molecule has 31 heavy (non-hydrogen) atoms. The van der Waals surface area contributed by atoms with E-state index in [1.165, 1.54) is 12.3 Å². The number of likely N-dealkylation sites (tertiary alicyclic amines) is 1. The Labute approximate surface area is 179 Å². The monoisotopic (exact) mass is 421 g/mol. The first-order valence-electron chi connectivity index (χ1n) is 10.1. The Bertz CT molecular complexity index is 1160. The van der Waals surface area contributed by atoms with Gasteiger partial charge in [0, 0.05) is 36.3 Å². The van der Waals surface area contributed by atoms with Crippen LogP contribution in [0.5, 0.6) is 5.75 Å². The minimum atomic E-state index is -0.625. The molecule has 2 aromatic heterocycles. The number of carbonyl (C=O) groups excluding carboxylic acids is 3. The van der Waals surface area contributed by atoms with Gasteiger partial charge in [0.05, 0.1) is 23.9 Å². The summed E-state index contributed by atoms with van der Waals surface area (Å²) in [6.45, 7) is 2.74. The number of methoxy groups -OCH3 is 1. The lowest BCUT2D eigenvalue weighted by Gasteiger charge is -2.13. The number of carbonyl (C=O) groups is 3. The van der Waals surface area contributed by atoms with Gasteiger partial charge in [-0.2, -0.15) is 0 Å². The summed E-state index contributed by atoms with van der Waals surface area (Å²) in [5.41, 5.74) is 2.16. The number of benzene rings is 1. The van der Waals surface area contributed by atoms with Gasteiger partial charge in [-0.25, -0.2) is 4.79 Å². The van der Waals surface area contributed by atoms with Crippen molar-refractivity contribution < 1.29 is 23.9 Å².